The van der Waals surface area contributed by atoms with Crippen LogP contribution in [0.5, 0.6) is 0 Å². The number of rotatable bonds is 0. The van der Waals surface area contributed by atoms with Gasteiger partial charge < -0.3 is 5.32 Å². The van der Waals surface area contributed by atoms with E-state index in [4.69, 9.17) is 0 Å². The van der Waals surface area contributed by atoms with Gasteiger partial charge in [0.05, 0.1) is 5.25 Å². The Hall–Kier alpha value is 0.110. The van der Waals surface area contributed by atoms with Gasteiger partial charge in [0.15, 0.2) is 0 Å². The number of hydrogen-bond acceptors (Lipinski definition) is 2. The molecule has 0 aromatic carbocycles. The van der Waals surface area contributed by atoms with Gasteiger partial charge in [-0.2, -0.15) is 0 Å². The summed E-state index contributed by atoms with van der Waals surface area (Å²) in [5.41, 5.74) is 0.596. The van der Waals surface area contributed by atoms with E-state index in [-0.39, 0.29) is 0 Å². The van der Waals surface area contributed by atoms with E-state index in [9.17, 15) is 4.21 Å². The Bertz CT molecular complexity index is 298. The summed E-state index contributed by atoms with van der Waals surface area (Å²) >= 11 is 0. The molecule has 0 bridgehead atoms. The average Bonchev–Trinajstić information content (AvgIpc) is 2.68. The molecule has 2 aliphatic carbocycles. The maximum Gasteiger partial charge on any atom is 0.0507 e. The fraction of sp³-hybridized carbons (Fsp3) is 1.00. The molecule has 0 radical (unpaired) electrons. The first-order chi connectivity index (χ1) is 7.69. The van der Waals surface area contributed by atoms with Crippen LogP contribution in [0.4, 0.5) is 0 Å². The zero-order valence-corrected chi connectivity index (χ0v) is 11.0. The molecule has 1 heterocycles. The smallest absolute Gasteiger partial charge is 0.0507 e. The summed E-state index contributed by atoms with van der Waals surface area (Å²) in [6, 6.07) is 1.01. The molecule has 1 aliphatic heterocycles. The van der Waals surface area contributed by atoms with Gasteiger partial charge in [-0.3, -0.25) is 4.21 Å². The average molecular weight is 241 g/mol. The topological polar surface area (TPSA) is 29.1 Å². The summed E-state index contributed by atoms with van der Waals surface area (Å²) in [5.74, 6) is 0.872. The van der Waals surface area contributed by atoms with Crippen LogP contribution in [-0.2, 0) is 10.8 Å². The zero-order valence-electron chi connectivity index (χ0n) is 10.2. The molecule has 4 unspecified atom stereocenters. The number of fused-ring (bicyclic) bond motifs is 1. The van der Waals surface area contributed by atoms with Crippen LogP contribution in [0.1, 0.15) is 51.9 Å². The summed E-state index contributed by atoms with van der Waals surface area (Å²) < 4.78 is 12.3. The third-order valence-electron chi connectivity index (χ3n) is 4.98. The second kappa shape index (κ2) is 4.09. The van der Waals surface area contributed by atoms with Crippen molar-refractivity contribution in [2.75, 3.05) is 5.75 Å². The Kier molecular flexibility index (Phi) is 2.87. The highest BCUT2D eigenvalue weighted by molar-refractivity contribution is 7.85. The summed E-state index contributed by atoms with van der Waals surface area (Å²) in [4.78, 5) is 0. The summed E-state index contributed by atoms with van der Waals surface area (Å²) in [7, 11) is -0.571. The molecule has 92 valence electrons. The van der Waals surface area contributed by atoms with Gasteiger partial charge in [-0.1, -0.05) is 12.8 Å². The normalized spacial score (nSPS) is 46.8. The maximum atomic E-state index is 12.3. The molecule has 1 spiro atoms. The lowest BCUT2D eigenvalue weighted by Gasteiger charge is -2.46. The highest BCUT2D eigenvalue weighted by Crippen LogP contribution is 2.50. The maximum absolute atomic E-state index is 12.3. The fourth-order valence-electron chi connectivity index (χ4n) is 4.15. The molecule has 2 nitrogen and oxygen atoms in total. The first-order valence-corrected chi connectivity index (χ1v) is 8.20. The second-order valence-electron chi connectivity index (χ2n) is 6.21. The van der Waals surface area contributed by atoms with Crippen LogP contribution in [-0.4, -0.2) is 27.3 Å². The Balaban J connectivity index is 1.75. The molecule has 0 aromatic heterocycles. The molecule has 2 saturated carbocycles. The van der Waals surface area contributed by atoms with E-state index in [1.54, 1.807) is 0 Å². The summed E-state index contributed by atoms with van der Waals surface area (Å²) in [6.07, 6.45) is 9.52. The molecule has 3 heteroatoms. The molecule has 16 heavy (non-hydrogen) atoms. The van der Waals surface area contributed by atoms with E-state index in [2.05, 4.69) is 12.2 Å². The van der Waals surface area contributed by atoms with E-state index in [1.165, 1.54) is 44.9 Å². The SMILES string of the molecule is CC1CS(=O)C2CC3(CCCC3)CCC2N1. The van der Waals surface area contributed by atoms with Crippen LogP contribution in [0.15, 0.2) is 0 Å². The third-order valence-corrected chi connectivity index (χ3v) is 6.98. The summed E-state index contributed by atoms with van der Waals surface area (Å²) in [5, 5.41) is 4.12. The lowest BCUT2D eigenvalue weighted by Crippen LogP contribution is -2.57. The highest BCUT2D eigenvalue weighted by Gasteiger charge is 2.46. The van der Waals surface area contributed by atoms with Crippen molar-refractivity contribution in [1.29, 1.82) is 0 Å². The number of hydrogen-bond donors (Lipinski definition) is 1. The van der Waals surface area contributed by atoms with Crippen LogP contribution >= 0.6 is 0 Å². The number of nitrogens with one attached hydrogen (secondary N) is 1. The molecule has 1 saturated heterocycles. The molecular weight excluding hydrogens is 218 g/mol. The monoisotopic (exact) mass is 241 g/mol. The van der Waals surface area contributed by atoms with Gasteiger partial charge in [0.2, 0.25) is 0 Å². The Labute approximate surface area is 101 Å². The van der Waals surface area contributed by atoms with Crippen molar-refractivity contribution >= 4 is 10.8 Å². The zero-order chi connectivity index (χ0) is 11.2. The quantitative estimate of drug-likeness (QED) is 0.704. The van der Waals surface area contributed by atoms with Crippen molar-refractivity contribution in [3.05, 3.63) is 0 Å². The molecule has 3 rings (SSSR count). The second-order valence-corrected chi connectivity index (χ2v) is 7.91. The van der Waals surface area contributed by atoms with Crippen LogP contribution in [0, 0.1) is 5.41 Å². The standard InChI is InChI=1S/C13H23NOS/c1-10-9-16(15)12-8-13(5-2-3-6-13)7-4-11(12)14-10/h10-12,14H,2-9H2,1H3. The lowest BCUT2D eigenvalue weighted by atomic mass is 9.71. The Morgan fingerprint density at radius 2 is 2.00 bits per heavy atom. The third kappa shape index (κ3) is 1.86. The predicted octanol–water partition coefficient (Wildman–Crippen LogP) is 2.21. The molecule has 0 aromatic rings. The van der Waals surface area contributed by atoms with Crippen LogP contribution in [0.3, 0.4) is 0 Å². The van der Waals surface area contributed by atoms with Crippen molar-refractivity contribution in [2.45, 2.75) is 69.2 Å². The van der Waals surface area contributed by atoms with Crippen molar-refractivity contribution in [3.63, 3.8) is 0 Å². The minimum Gasteiger partial charge on any atom is -0.309 e. The Morgan fingerprint density at radius 1 is 1.25 bits per heavy atom. The Morgan fingerprint density at radius 3 is 2.75 bits per heavy atom. The van der Waals surface area contributed by atoms with Crippen molar-refractivity contribution in [3.8, 4) is 0 Å². The first-order valence-electron chi connectivity index (χ1n) is 6.82. The molecule has 0 amide bonds. The minimum absolute atomic E-state index is 0.458. The van der Waals surface area contributed by atoms with E-state index >= 15 is 0 Å². The van der Waals surface area contributed by atoms with Gasteiger partial charge >= 0.3 is 0 Å². The summed E-state index contributed by atoms with van der Waals surface area (Å²) in [6.45, 7) is 2.17. The fourth-order valence-corrected chi connectivity index (χ4v) is 6.10. The first kappa shape index (κ1) is 11.2. The molecular formula is C13H23NOS. The van der Waals surface area contributed by atoms with Crippen molar-refractivity contribution in [2.24, 2.45) is 5.41 Å². The molecule has 3 fully saturated rings. The minimum atomic E-state index is -0.571. The van der Waals surface area contributed by atoms with Crippen LogP contribution in [0.25, 0.3) is 0 Å². The van der Waals surface area contributed by atoms with Crippen molar-refractivity contribution < 1.29 is 4.21 Å². The predicted molar refractivity (Wildman–Crippen MR) is 67.9 cm³/mol. The van der Waals surface area contributed by atoms with E-state index in [1.807, 2.05) is 0 Å². The van der Waals surface area contributed by atoms with E-state index < -0.39 is 10.8 Å². The molecule has 3 aliphatic rings. The largest absolute Gasteiger partial charge is 0.309 e. The van der Waals surface area contributed by atoms with Gasteiger partial charge in [0.1, 0.15) is 0 Å². The van der Waals surface area contributed by atoms with Gasteiger partial charge in [0, 0.05) is 28.6 Å². The van der Waals surface area contributed by atoms with Gasteiger partial charge in [-0.25, -0.2) is 0 Å². The lowest BCUT2D eigenvalue weighted by molar-refractivity contribution is 0.165. The van der Waals surface area contributed by atoms with Gasteiger partial charge in [-0.15, -0.1) is 0 Å². The van der Waals surface area contributed by atoms with E-state index in [0.717, 1.165) is 5.75 Å². The van der Waals surface area contributed by atoms with Gasteiger partial charge in [0.25, 0.3) is 0 Å². The van der Waals surface area contributed by atoms with Crippen LogP contribution < -0.4 is 5.32 Å². The highest BCUT2D eigenvalue weighted by atomic mass is 32.2. The van der Waals surface area contributed by atoms with Crippen LogP contribution in [0.2, 0.25) is 0 Å². The van der Waals surface area contributed by atoms with Crippen molar-refractivity contribution in [1.82, 2.24) is 5.32 Å². The molecule has 4 atom stereocenters. The van der Waals surface area contributed by atoms with Gasteiger partial charge in [-0.05, 0) is 44.4 Å². The van der Waals surface area contributed by atoms with E-state index in [0.29, 0.717) is 22.7 Å². The molecule has 1 N–H and O–H groups in total.